The van der Waals surface area contributed by atoms with E-state index in [1.807, 2.05) is 65.8 Å². The SMILES string of the molecule is CBr.CCC(CC)CCNCC(=O)c1ccc(O)cc1.Nc1ccccc1.O=C(O)Cc1csc2ccccc12. The van der Waals surface area contributed by atoms with E-state index in [4.69, 9.17) is 15.9 Å². The van der Waals surface area contributed by atoms with Crippen LogP contribution in [0.5, 0.6) is 5.75 Å². The van der Waals surface area contributed by atoms with Crippen molar-refractivity contribution in [2.75, 3.05) is 24.7 Å². The number of alkyl halides is 1. The number of aliphatic carboxylic acids is 1. The van der Waals surface area contributed by atoms with Crippen molar-refractivity contribution in [3.63, 3.8) is 0 Å². The van der Waals surface area contributed by atoms with Gasteiger partial charge in [0.1, 0.15) is 5.75 Å². The van der Waals surface area contributed by atoms with E-state index in [-0.39, 0.29) is 18.0 Å². The Morgan fingerprint density at radius 1 is 0.925 bits per heavy atom. The van der Waals surface area contributed by atoms with E-state index in [1.54, 1.807) is 23.5 Å². The van der Waals surface area contributed by atoms with Crippen molar-refractivity contribution in [3.8, 4) is 5.75 Å². The molecule has 0 radical (unpaired) electrons. The number of benzene rings is 3. The van der Waals surface area contributed by atoms with Gasteiger partial charge in [0.05, 0.1) is 13.0 Å². The maximum absolute atomic E-state index is 11.8. The molecule has 40 heavy (non-hydrogen) atoms. The molecular weight excluding hydrogens is 588 g/mol. The number of anilines is 1. The average Bonchev–Trinajstić information content (AvgIpc) is 3.38. The Kier molecular flexibility index (Phi) is 18.0. The minimum atomic E-state index is -0.774. The molecule has 8 heteroatoms. The fourth-order valence-electron chi connectivity index (χ4n) is 3.74. The quantitative estimate of drug-likeness (QED) is 0.0617. The molecule has 0 saturated heterocycles. The Hall–Kier alpha value is -3.20. The van der Waals surface area contributed by atoms with Gasteiger partial charge >= 0.3 is 5.97 Å². The maximum Gasteiger partial charge on any atom is 0.307 e. The van der Waals surface area contributed by atoms with Crippen molar-refractivity contribution in [1.29, 1.82) is 0 Å². The molecule has 0 bridgehead atoms. The topological polar surface area (TPSA) is 113 Å². The molecule has 0 unspecified atom stereocenters. The number of phenolic OH excluding ortho intramolecular Hbond substituents is 1. The van der Waals surface area contributed by atoms with Crippen LogP contribution in [-0.2, 0) is 11.2 Å². The van der Waals surface area contributed by atoms with Crippen LogP contribution in [0.15, 0.2) is 84.2 Å². The first-order chi connectivity index (χ1) is 19.3. The van der Waals surface area contributed by atoms with Gasteiger partial charge in [-0.15, -0.1) is 11.3 Å². The smallest absolute Gasteiger partial charge is 0.307 e. The van der Waals surface area contributed by atoms with Gasteiger partial charge in [0.2, 0.25) is 0 Å². The van der Waals surface area contributed by atoms with E-state index in [0.717, 1.165) is 40.2 Å². The van der Waals surface area contributed by atoms with Crippen molar-refractivity contribution in [1.82, 2.24) is 5.32 Å². The van der Waals surface area contributed by atoms with Gasteiger partial charge in [0.15, 0.2) is 5.78 Å². The third-order valence-corrected chi connectivity index (χ3v) is 7.07. The number of carbonyl (C=O) groups is 2. The molecule has 0 aliphatic rings. The lowest BCUT2D eigenvalue weighted by Crippen LogP contribution is -2.25. The number of carboxylic acid groups (broad SMARTS) is 1. The first kappa shape index (κ1) is 34.8. The Morgan fingerprint density at radius 2 is 1.52 bits per heavy atom. The van der Waals surface area contributed by atoms with Crippen LogP contribution in [0, 0.1) is 5.92 Å². The fraction of sp³-hybridized carbons (Fsp3) is 0.312. The number of hydrogen-bond acceptors (Lipinski definition) is 6. The number of thiophene rings is 1. The Balaban J connectivity index is 0.000000315. The molecule has 6 nitrogen and oxygen atoms in total. The van der Waals surface area contributed by atoms with Gasteiger partial charge in [0, 0.05) is 16.0 Å². The number of fused-ring (bicyclic) bond motifs is 1. The zero-order valence-electron chi connectivity index (χ0n) is 23.5. The lowest BCUT2D eigenvalue weighted by Gasteiger charge is -2.12. The largest absolute Gasteiger partial charge is 0.508 e. The van der Waals surface area contributed by atoms with Gasteiger partial charge in [0.25, 0.3) is 0 Å². The van der Waals surface area contributed by atoms with Crippen LogP contribution < -0.4 is 11.1 Å². The predicted molar refractivity (Wildman–Crippen MR) is 173 cm³/mol. The molecule has 0 saturated carbocycles. The number of nitrogens with one attached hydrogen (secondary N) is 1. The van der Waals surface area contributed by atoms with Gasteiger partial charge in [-0.3, -0.25) is 9.59 Å². The van der Waals surface area contributed by atoms with E-state index in [2.05, 4.69) is 35.1 Å². The van der Waals surface area contributed by atoms with Crippen LogP contribution in [0.25, 0.3) is 10.1 Å². The summed E-state index contributed by atoms with van der Waals surface area (Å²) in [7, 11) is 0. The van der Waals surface area contributed by atoms with E-state index in [0.29, 0.717) is 12.1 Å². The number of nitrogen functional groups attached to an aromatic ring is 1. The molecule has 0 atom stereocenters. The molecule has 1 aromatic heterocycles. The highest BCUT2D eigenvalue weighted by Crippen LogP contribution is 2.25. The highest BCUT2D eigenvalue weighted by molar-refractivity contribution is 9.08. The molecule has 0 aliphatic carbocycles. The second-order valence-electron chi connectivity index (χ2n) is 8.86. The standard InChI is InChI=1S/C15H23NO2.C10H8O2S.C6H7N.CH3Br/c1-3-12(4-2)9-10-16-11-15(18)13-5-7-14(17)8-6-13;11-10(12)5-7-6-13-9-4-2-1-3-8(7)9;7-6-4-2-1-3-5-6;1-2/h5-8,12,16-17H,3-4,9-11H2,1-2H3;1-4,6H,5H2,(H,11,12);1-5H,7H2;1H3. The first-order valence-electron chi connectivity index (χ1n) is 13.2. The lowest BCUT2D eigenvalue weighted by atomic mass is 10.00. The summed E-state index contributed by atoms with van der Waals surface area (Å²) < 4.78 is 1.15. The van der Waals surface area contributed by atoms with E-state index in [1.165, 1.54) is 25.0 Å². The maximum atomic E-state index is 11.8. The lowest BCUT2D eigenvalue weighted by molar-refractivity contribution is -0.136. The summed E-state index contributed by atoms with van der Waals surface area (Å²) >= 11 is 4.53. The molecule has 0 aliphatic heterocycles. The second-order valence-corrected chi connectivity index (χ2v) is 9.77. The Labute approximate surface area is 250 Å². The molecule has 4 rings (SSSR count). The number of para-hydroxylation sites is 1. The van der Waals surface area contributed by atoms with Crippen LogP contribution in [-0.4, -0.2) is 40.9 Å². The van der Waals surface area contributed by atoms with Gasteiger partial charge in [-0.05, 0) is 83.5 Å². The molecule has 216 valence electrons. The van der Waals surface area contributed by atoms with Gasteiger partial charge < -0.3 is 21.3 Å². The number of nitrogens with two attached hydrogens (primary N) is 1. The summed E-state index contributed by atoms with van der Waals surface area (Å²) in [6.07, 6.45) is 3.63. The number of Topliss-reactive ketones (excluding diaryl/α,β-unsaturated/α-hetero) is 1. The molecule has 3 aromatic carbocycles. The number of phenols is 1. The molecule has 0 amide bonds. The van der Waals surface area contributed by atoms with Crippen LogP contribution >= 0.6 is 27.3 Å². The minimum Gasteiger partial charge on any atom is -0.508 e. The number of halogens is 1. The van der Waals surface area contributed by atoms with Crippen molar-refractivity contribution in [3.05, 3.63) is 95.4 Å². The van der Waals surface area contributed by atoms with Crippen LogP contribution in [0.3, 0.4) is 0 Å². The number of aromatic hydroxyl groups is 1. The van der Waals surface area contributed by atoms with Crippen molar-refractivity contribution in [2.24, 2.45) is 5.92 Å². The van der Waals surface area contributed by atoms with E-state index < -0.39 is 5.97 Å². The number of carboxylic acids is 1. The summed E-state index contributed by atoms with van der Waals surface area (Å²) in [5.41, 5.74) is 7.73. The normalized spacial score (nSPS) is 9.93. The molecule has 5 N–H and O–H groups in total. The number of hydrogen-bond donors (Lipinski definition) is 4. The first-order valence-corrected chi connectivity index (χ1v) is 15.7. The second kappa shape index (κ2) is 20.7. The Morgan fingerprint density at radius 3 is 2.08 bits per heavy atom. The third-order valence-electron chi connectivity index (χ3n) is 6.06. The number of carbonyl (C=O) groups excluding carboxylic acids is 1. The molecular formula is C32H41BrN2O4S. The summed E-state index contributed by atoms with van der Waals surface area (Å²) in [5.74, 6) is 2.05. The van der Waals surface area contributed by atoms with Crippen molar-refractivity contribution < 1.29 is 19.8 Å². The zero-order chi connectivity index (χ0) is 29.8. The molecule has 4 aromatic rings. The molecule has 0 fully saturated rings. The fourth-order valence-corrected chi connectivity index (χ4v) is 4.70. The van der Waals surface area contributed by atoms with Gasteiger partial charge in [-0.25, -0.2) is 0 Å². The highest BCUT2D eigenvalue weighted by Gasteiger charge is 2.07. The van der Waals surface area contributed by atoms with Crippen LogP contribution in [0.1, 0.15) is 49.0 Å². The highest BCUT2D eigenvalue weighted by atomic mass is 79.9. The Bertz CT molecular complexity index is 1240. The number of ketones is 1. The molecule has 0 spiro atoms. The summed E-state index contributed by atoms with van der Waals surface area (Å²) in [4.78, 5) is 22.3. The predicted octanol–water partition coefficient (Wildman–Crippen LogP) is 7.80. The van der Waals surface area contributed by atoms with Gasteiger partial charge in [-0.1, -0.05) is 79.0 Å². The third kappa shape index (κ3) is 13.7. The average molecular weight is 630 g/mol. The summed E-state index contributed by atoms with van der Waals surface area (Å²) in [5, 5.41) is 24.0. The number of rotatable bonds is 10. The van der Waals surface area contributed by atoms with E-state index in [9.17, 15) is 9.59 Å². The minimum absolute atomic E-state index is 0.0690. The summed E-state index contributed by atoms with van der Waals surface area (Å²) in [6, 6.07) is 23.7. The van der Waals surface area contributed by atoms with Gasteiger partial charge in [-0.2, -0.15) is 0 Å². The zero-order valence-corrected chi connectivity index (χ0v) is 25.9. The van der Waals surface area contributed by atoms with Crippen molar-refractivity contribution >= 4 is 54.8 Å². The van der Waals surface area contributed by atoms with Crippen molar-refractivity contribution in [2.45, 2.75) is 39.5 Å². The summed E-state index contributed by atoms with van der Waals surface area (Å²) in [6.45, 7) is 5.66. The van der Waals surface area contributed by atoms with Crippen LogP contribution in [0.4, 0.5) is 5.69 Å². The monoisotopic (exact) mass is 628 g/mol. The molecule has 1 heterocycles. The van der Waals surface area contributed by atoms with E-state index >= 15 is 0 Å². The van der Waals surface area contributed by atoms with Crippen LogP contribution in [0.2, 0.25) is 0 Å².